The third kappa shape index (κ3) is 3.42. The highest BCUT2D eigenvalue weighted by molar-refractivity contribution is 5.84. The number of nitriles is 1. The summed E-state index contributed by atoms with van der Waals surface area (Å²) in [5.74, 6) is -1.10. The fraction of sp³-hybridized carbons (Fsp3) is 0.250. The van der Waals surface area contributed by atoms with E-state index in [1.54, 1.807) is 6.07 Å². The number of hydrogen-bond acceptors (Lipinski definition) is 4. The number of furan rings is 1. The van der Waals surface area contributed by atoms with Crippen molar-refractivity contribution >= 4 is 11.7 Å². The van der Waals surface area contributed by atoms with E-state index in [1.165, 1.54) is 6.07 Å². The van der Waals surface area contributed by atoms with Crippen LogP contribution in [0, 0.1) is 11.3 Å². The second kappa shape index (κ2) is 6.14. The molecule has 0 fully saturated rings. The van der Waals surface area contributed by atoms with E-state index in [1.807, 2.05) is 43.3 Å². The summed E-state index contributed by atoms with van der Waals surface area (Å²) >= 11 is 0. The minimum Gasteiger partial charge on any atom is -0.475 e. The molecule has 0 aliphatic heterocycles. The first-order valence-electron chi connectivity index (χ1n) is 6.50. The number of benzene rings is 1. The van der Waals surface area contributed by atoms with Crippen LogP contribution in [0.3, 0.4) is 0 Å². The second-order valence-corrected chi connectivity index (χ2v) is 4.95. The van der Waals surface area contributed by atoms with E-state index in [9.17, 15) is 10.1 Å². The number of nitrogens with zero attached hydrogens (tertiary/aromatic N) is 2. The molecule has 0 saturated heterocycles. The molecule has 1 unspecified atom stereocenters. The number of rotatable bonds is 5. The van der Waals surface area contributed by atoms with Crippen molar-refractivity contribution in [2.24, 2.45) is 0 Å². The van der Waals surface area contributed by atoms with Gasteiger partial charge in [0.1, 0.15) is 5.76 Å². The van der Waals surface area contributed by atoms with Gasteiger partial charge in [0, 0.05) is 26.2 Å². The molecule has 21 heavy (non-hydrogen) atoms. The fourth-order valence-electron chi connectivity index (χ4n) is 2.06. The van der Waals surface area contributed by atoms with Gasteiger partial charge in [-0.3, -0.25) is 0 Å². The predicted molar refractivity (Wildman–Crippen MR) is 78.5 cm³/mol. The summed E-state index contributed by atoms with van der Waals surface area (Å²) in [5, 5.41) is 18.2. The Morgan fingerprint density at radius 2 is 2.14 bits per heavy atom. The number of carboxylic acids is 1. The second-order valence-electron chi connectivity index (χ2n) is 4.95. The zero-order chi connectivity index (χ0) is 15.4. The highest BCUT2D eigenvalue weighted by Gasteiger charge is 2.16. The largest absolute Gasteiger partial charge is 0.475 e. The lowest BCUT2D eigenvalue weighted by Gasteiger charge is -2.15. The van der Waals surface area contributed by atoms with Crippen LogP contribution < -0.4 is 4.90 Å². The van der Waals surface area contributed by atoms with Crippen molar-refractivity contribution < 1.29 is 14.3 Å². The molecule has 0 aliphatic rings. The topological polar surface area (TPSA) is 77.5 Å². The monoisotopic (exact) mass is 284 g/mol. The van der Waals surface area contributed by atoms with Crippen molar-refractivity contribution in [2.45, 2.75) is 12.3 Å². The lowest BCUT2D eigenvalue weighted by Crippen LogP contribution is -2.09. The Kier molecular flexibility index (Phi) is 4.29. The van der Waals surface area contributed by atoms with Crippen molar-refractivity contribution in [3.05, 3.63) is 53.5 Å². The summed E-state index contributed by atoms with van der Waals surface area (Å²) in [4.78, 5) is 12.8. The van der Waals surface area contributed by atoms with Crippen LogP contribution in [0.2, 0.25) is 0 Å². The summed E-state index contributed by atoms with van der Waals surface area (Å²) < 4.78 is 5.22. The molecule has 0 radical (unpaired) electrons. The van der Waals surface area contributed by atoms with Crippen molar-refractivity contribution in [3.63, 3.8) is 0 Å². The molecule has 1 atom stereocenters. The maximum Gasteiger partial charge on any atom is 0.371 e. The number of anilines is 1. The van der Waals surface area contributed by atoms with Gasteiger partial charge in [0.05, 0.1) is 12.0 Å². The minimum absolute atomic E-state index is 0.108. The Morgan fingerprint density at radius 3 is 2.71 bits per heavy atom. The van der Waals surface area contributed by atoms with Crippen LogP contribution in [0.25, 0.3) is 0 Å². The molecule has 1 N–H and O–H groups in total. The molecule has 1 aromatic heterocycles. The van der Waals surface area contributed by atoms with E-state index in [-0.39, 0.29) is 11.7 Å². The van der Waals surface area contributed by atoms with Crippen LogP contribution in [0.4, 0.5) is 5.69 Å². The molecule has 1 aromatic carbocycles. The average Bonchev–Trinajstić information content (AvgIpc) is 2.93. The molecule has 0 amide bonds. The molecular formula is C16H16N2O3. The van der Waals surface area contributed by atoms with Crippen LogP contribution in [0.1, 0.15) is 27.8 Å². The highest BCUT2D eigenvalue weighted by Crippen LogP contribution is 2.25. The van der Waals surface area contributed by atoms with Gasteiger partial charge < -0.3 is 14.4 Å². The molecule has 2 rings (SSSR count). The number of aromatic carboxylic acids is 1. The molecule has 0 saturated carbocycles. The van der Waals surface area contributed by atoms with E-state index in [0.29, 0.717) is 12.2 Å². The van der Waals surface area contributed by atoms with Crippen LogP contribution in [-0.2, 0) is 6.42 Å². The lowest BCUT2D eigenvalue weighted by molar-refractivity contribution is 0.0660. The maximum atomic E-state index is 10.8. The summed E-state index contributed by atoms with van der Waals surface area (Å²) in [6.45, 7) is 0. The van der Waals surface area contributed by atoms with E-state index in [0.717, 1.165) is 11.3 Å². The summed E-state index contributed by atoms with van der Waals surface area (Å²) in [7, 11) is 3.87. The highest BCUT2D eigenvalue weighted by atomic mass is 16.4. The molecular weight excluding hydrogens is 268 g/mol. The molecule has 2 aromatic rings. The van der Waals surface area contributed by atoms with E-state index >= 15 is 0 Å². The van der Waals surface area contributed by atoms with Crippen LogP contribution in [0.15, 0.2) is 40.8 Å². The standard InChI is InChI=1S/C16H16N2O3/c1-18(2)13-5-3-4-11(8-13)12(10-17)9-14-6-7-15(21-14)16(19)20/h3-8,12H,9H2,1-2H3,(H,19,20). The number of hydrogen-bond donors (Lipinski definition) is 1. The van der Waals surface area contributed by atoms with Gasteiger partial charge in [-0.1, -0.05) is 12.1 Å². The SMILES string of the molecule is CN(C)c1cccc(C(C#N)Cc2ccc(C(=O)O)o2)c1. The Balaban J connectivity index is 2.21. The minimum atomic E-state index is -1.11. The quantitative estimate of drug-likeness (QED) is 0.913. The Morgan fingerprint density at radius 1 is 1.38 bits per heavy atom. The van der Waals surface area contributed by atoms with Crippen molar-refractivity contribution in [3.8, 4) is 6.07 Å². The summed E-state index contributed by atoms with van der Waals surface area (Å²) in [5.41, 5.74) is 1.90. The van der Waals surface area contributed by atoms with E-state index in [4.69, 9.17) is 9.52 Å². The lowest BCUT2D eigenvalue weighted by atomic mass is 9.95. The fourth-order valence-corrected chi connectivity index (χ4v) is 2.06. The molecule has 0 spiro atoms. The summed E-state index contributed by atoms with van der Waals surface area (Å²) in [6, 6.07) is 13.0. The van der Waals surface area contributed by atoms with E-state index < -0.39 is 5.97 Å². The number of carboxylic acid groups (broad SMARTS) is 1. The van der Waals surface area contributed by atoms with Gasteiger partial charge in [-0.2, -0.15) is 5.26 Å². The van der Waals surface area contributed by atoms with Crippen molar-refractivity contribution in [1.29, 1.82) is 5.26 Å². The third-order valence-corrected chi connectivity index (χ3v) is 3.22. The molecule has 0 bridgehead atoms. The normalized spacial score (nSPS) is 11.7. The van der Waals surface area contributed by atoms with Gasteiger partial charge in [-0.25, -0.2) is 4.79 Å². The molecule has 108 valence electrons. The molecule has 5 heteroatoms. The third-order valence-electron chi connectivity index (χ3n) is 3.22. The van der Waals surface area contributed by atoms with E-state index in [2.05, 4.69) is 6.07 Å². The van der Waals surface area contributed by atoms with Gasteiger partial charge in [0.25, 0.3) is 0 Å². The zero-order valence-electron chi connectivity index (χ0n) is 11.9. The van der Waals surface area contributed by atoms with Crippen molar-refractivity contribution in [1.82, 2.24) is 0 Å². The first kappa shape index (κ1) is 14.7. The first-order valence-corrected chi connectivity index (χ1v) is 6.50. The van der Waals surface area contributed by atoms with Gasteiger partial charge in [-0.05, 0) is 29.8 Å². The van der Waals surface area contributed by atoms with Crippen LogP contribution in [-0.4, -0.2) is 25.2 Å². The van der Waals surface area contributed by atoms with Crippen molar-refractivity contribution in [2.75, 3.05) is 19.0 Å². The Labute approximate surface area is 123 Å². The molecule has 1 heterocycles. The van der Waals surface area contributed by atoms with Crippen LogP contribution in [0.5, 0.6) is 0 Å². The predicted octanol–water partition coefficient (Wildman–Crippen LogP) is 2.89. The Bertz CT molecular complexity index is 683. The van der Waals surface area contributed by atoms with Gasteiger partial charge >= 0.3 is 5.97 Å². The van der Waals surface area contributed by atoms with Gasteiger partial charge in [0.2, 0.25) is 5.76 Å². The summed E-state index contributed by atoms with van der Waals surface area (Å²) in [6.07, 6.45) is 0.348. The molecule has 0 aliphatic carbocycles. The molecule has 5 nitrogen and oxygen atoms in total. The maximum absolute atomic E-state index is 10.8. The van der Waals surface area contributed by atoms with Gasteiger partial charge in [0.15, 0.2) is 0 Å². The average molecular weight is 284 g/mol. The smallest absolute Gasteiger partial charge is 0.371 e. The van der Waals surface area contributed by atoms with Crippen LogP contribution >= 0.6 is 0 Å². The number of carbonyl (C=O) groups is 1. The Hall–Kier alpha value is -2.74. The first-order chi connectivity index (χ1) is 10.0. The van der Waals surface area contributed by atoms with Gasteiger partial charge in [-0.15, -0.1) is 0 Å². The zero-order valence-corrected chi connectivity index (χ0v) is 11.9.